The van der Waals surface area contributed by atoms with Gasteiger partial charge >= 0.3 is 6.03 Å². The third kappa shape index (κ3) is 2.67. The van der Waals surface area contributed by atoms with Crippen molar-refractivity contribution in [3.05, 3.63) is 42.5 Å². The first-order valence-corrected chi connectivity index (χ1v) is 7.97. The summed E-state index contributed by atoms with van der Waals surface area (Å²) in [5.41, 5.74) is 2.15. The first-order chi connectivity index (χ1) is 11.7. The third-order valence-electron chi connectivity index (χ3n) is 4.23. The molecule has 2 aromatic carbocycles. The number of furan rings is 1. The molecule has 1 atom stereocenters. The fourth-order valence-corrected chi connectivity index (χ4v) is 3.04. The minimum Gasteiger partial charge on any atom is -0.456 e. The van der Waals surface area contributed by atoms with Gasteiger partial charge in [0.25, 0.3) is 0 Å². The van der Waals surface area contributed by atoms with E-state index in [-0.39, 0.29) is 5.91 Å². The second-order valence-corrected chi connectivity index (χ2v) is 5.89. The molecule has 3 aromatic rings. The molecule has 0 radical (unpaired) electrons. The average molecular weight is 323 g/mol. The number of para-hydroxylation sites is 1. The fraction of sp³-hybridized carbons (Fsp3) is 0.222. The van der Waals surface area contributed by atoms with Crippen molar-refractivity contribution in [2.45, 2.75) is 18.9 Å². The van der Waals surface area contributed by atoms with Crippen LogP contribution in [0, 0.1) is 0 Å². The van der Waals surface area contributed by atoms with E-state index in [0.717, 1.165) is 22.8 Å². The summed E-state index contributed by atoms with van der Waals surface area (Å²) < 4.78 is 5.81. The lowest BCUT2D eigenvalue weighted by Gasteiger charge is -2.22. The Morgan fingerprint density at radius 2 is 1.96 bits per heavy atom. The van der Waals surface area contributed by atoms with Crippen LogP contribution in [0.4, 0.5) is 10.5 Å². The summed E-state index contributed by atoms with van der Waals surface area (Å²) in [6.45, 7) is 0.668. The van der Waals surface area contributed by atoms with Gasteiger partial charge in [-0.1, -0.05) is 18.2 Å². The van der Waals surface area contributed by atoms with Gasteiger partial charge in [-0.3, -0.25) is 4.79 Å². The highest BCUT2D eigenvalue weighted by Gasteiger charge is 2.23. The van der Waals surface area contributed by atoms with Gasteiger partial charge in [-0.25, -0.2) is 4.79 Å². The second kappa shape index (κ2) is 5.88. The SMILES string of the molecule is O=C(Nc1ccc2c(c1)oc1ccccc12)N[C@@H]1CCCNC1=O. The van der Waals surface area contributed by atoms with Crippen LogP contribution < -0.4 is 16.0 Å². The van der Waals surface area contributed by atoms with Crippen molar-refractivity contribution in [1.82, 2.24) is 10.6 Å². The summed E-state index contributed by atoms with van der Waals surface area (Å²) >= 11 is 0. The Balaban J connectivity index is 1.52. The number of amides is 3. The number of hydrogen-bond donors (Lipinski definition) is 3. The summed E-state index contributed by atoms with van der Waals surface area (Å²) in [6, 6.07) is 12.5. The van der Waals surface area contributed by atoms with Crippen LogP contribution in [0.25, 0.3) is 21.9 Å². The van der Waals surface area contributed by atoms with Crippen LogP contribution in [0.3, 0.4) is 0 Å². The highest BCUT2D eigenvalue weighted by molar-refractivity contribution is 6.06. The molecule has 1 fully saturated rings. The number of fused-ring (bicyclic) bond motifs is 3. The van der Waals surface area contributed by atoms with Gasteiger partial charge in [0.15, 0.2) is 0 Å². The lowest BCUT2D eigenvalue weighted by Crippen LogP contribution is -2.51. The standard InChI is InChI=1S/C18H17N3O3/c22-17-14(5-3-9-19-17)21-18(23)20-11-7-8-13-12-4-1-2-6-15(12)24-16(13)10-11/h1-2,4,6-8,10,14H,3,5,9H2,(H,19,22)(H2,20,21,23)/t14-/m1/s1. The van der Waals surface area contributed by atoms with Crippen LogP contribution in [-0.4, -0.2) is 24.5 Å². The Hall–Kier alpha value is -3.02. The molecule has 3 N–H and O–H groups in total. The van der Waals surface area contributed by atoms with Crippen molar-refractivity contribution >= 4 is 39.6 Å². The maximum Gasteiger partial charge on any atom is 0.319 e. The Kier molecular flexibility index (Phi) is 3.57. The maximum atomic E-state index is 12.1. The van der Waals surface area contributed by atoms with Crippen LogP contribution in [0.5, 0.6) is 0 Å². The molecule has 6 nitrogen and oxygen atoms in total. The molecule has 1 aromatic heterocycles. The van der Waals surface area contributed by atoms with Gasteiger partial charge in [-0.05, 0) is 31.0 Å². The molecule has 0 aliphatic carbocycles. The molecule has 122 valence electrons. The van der Waals surface area contributed by atoms with E-state index in [4.69, 9.17) is 4.42 Å². The van der Waals surface area contributed by atoms with E-state index in [1.165, 1.54) is 0 Å². The number of urea groups is 1. The smallest absolute Gasteiger partial charge is 0.319 e. The number of carbonyl (C=O) groups excluding carboxylic acids is 2. The van der Waals surface area contributed by atoms with Crippen LogP contribution in [0.2, 0.25) is 0 Å². The van der Waals surface area contributed by atoms with Crippen molar-refractivity contribution in [3.63, 3.8) is 0 Å². The quantitative estimate of drug-likeness (QED) is 0.678. The highest BCUT2D eigenvalue weighted by Crippen LogP contribution is 2.30. The molecular weight excluding hydrogens is 306 g/mol. The minimum absolute atomic E-state index is 0.135. The topological polar surface area (TPSA) is 83.4 Å². The summed E-state index contributed by atoms with van der Waals surface area (Å²) in [4.78, 5) is 23.8. The Morgan fingerprint density at radius 3 is 2.83 bits per heavy atom. The molecule has 1 saturated heterocycles. The highest BCUT2D eigenvalue weighted by atomic mass is 16.3. The van der Waals surface area contributed by atoms with E-state index in [1.54, 1.807) is 6.07 Å². The largest absolute Gasteiger partial charge is 0.456 e. The average Bonchev–Trinajstić information content (AvgIpc) is 2.94. The van der Waals surface area contributed by atoms with Gasteiger partial charge in [0.1, 0.15) is 17.2 Å². The van der Waals surface area contributed by atoms with Crippen LogP contribution in [0.15, 0.2) is 46.9 Å². The number of carbonyl (C=O) groups is 2. The summed E-state index contributed by atoms with van der Waals surface area (Å²) in [5, 5.41) is 10.2. The lowest BCUT2D eigenvalue weighted by atomic mass is 10.1. The molecule has 6 heteroatoms. The molecular formula is C18H17N3O3. The summed E-state index contributed by atoms with van der Waals surface area (Å²) in [6.07, 6.45) is 1.52. The Morgan fingerprint density at radius 1 is 1.12 bits per heavy atom. The van der Waals surface area contributed by atoms with E-state index in [1.807, 2.05) is 36.4 Å². The number of hydrogen-bond acceptors (Lipinski definition) is 3. The lowest BCUT2D eigenvalue weighted by molar-refractivity contribution is -0.124. The predicted octanol–water partition coefficient (Wildman–Crippen LogP) is 2.99. The van der Waals surface area contributed by atoms with Gasteiger partial charge in [0, 0.05) is 29.1 Å². The summed E-state index contributed by atoms with van der Waals surface area (Å²) in [7, 11) is 0. The molecule has 0 spiro atoms. The second-order valence-electron chi connectivity index (χ2n) is 5.89. The fourth-order valence-electron chi connectivity index (χ4n) is 3.04. The van der Waals surface area contributed by atoms with E-state index in [2.05, 4.69) is 16.0 Å². The zero-order chi connectivity index (χ0) is 16.5. The van der Waals surface area contributed by atoms with Crippen molar-refractivity contribution in [3.8, 4) is 0 Å². The minimum atomic E-state index is -0.478. The van der Waals surface area contributed by atoms with Gasteiger partial charge in [0.2, 0.25) is 5.91 Å². The maximum absolute atomic E-state index is 12.1. The Bertz CT molecular complexity index is 932. The van der Waals surface area contributed by atoms with Crippen molar-refractivity contribution in [1.29, 1.82) is 0 Å². The molecule has 24 heavy (non-hydrogen) atoms. The summed E-state index contributed by atoms with van der Waals surface area (Å²) in [5.74, 6) is -0.135. The molecule has 2 heterocycles. The van der Waals surface area contributed by atoms with Crippen molar-refractivity contribution < 1.29 is 14.0 Å². The van der Waals surface area contributed by atoms with Gasteiger partial charge in [-0.15, -0.1) is 0 Å². The third-order valence-corrected chi connectivity index (χ3v) is 4.23. The zero-order valence-electron chi connectivity index (χ0n) is 13.0. The molecule has 0 bridgehead atoms. The van der Waals surface area contributed by atoms with Gasteiger partial charge in [0.05, 0.1) is 0 Å². The molecule has 1 aliphatic rings. The van der Waals surface area contributed by atoms with Crippen LogP contribution in [0.1, 0.15) is 12.8 Å². The first kappa shape index (κ1) is 14.6. The molecule has 0 unspecified atom stereocenters. The predicted molar refractivity (Wildman–Crippen MR) is 91.9 cm³/mol. The van der Waals surface area contributed by atoms with E-state index in [9.17, 15) is 9.59 Å². The van der Waals surface area contributed by atoms with Gasteiger partial charge < -0.3 is 20.4 Å². The number of nitrogens with one attached hydrogen (secondary N) is 3. The van der Waals surface area contributed by atoms with E-state index >= 15 is 0 Å². The van der Waals surface area contributed by atoms with E-state index in [0.29, 0.717) is 24.2 Å². The van der Waals surface area contributed by atoms with Gasteiger partial charge in [-0.2, -0.15) is 0 Å². The van der Waals surface area contributed by atoms with Crippen LogP contribution in [-0.2, 0) is 4.79 Å². The normalized spacial score (nSPS) is 17.7. The first-order valence-electron chi connectivity index (χ1n) is 7.97. The van der Waals surface area contributed by atoms with Crippen molar-refractivity contribution in [2.24, 2.45) is 0 Å². The molecule has 4 rings (SSSR count). The Labute approximate surface area is 138 Å². The number of anilines is 1. The molecule has 1 aliphatic heterocycles. The zero-order valence-corrected chi connectivity index (χ0v) is 13.0. The van der Waals surface area contributed by atoms with Crippen molar-refractivity contribution in [2.75, 3.05) is 11.9 Å². The van der Waals surface area contributed by atoms with E-state index < -0.39 is 12.1 Å². The molecule has 3 amide bonds. The number of piperidine rings is 1. The number of rotatable bonds is 2. The number of benzene rings is 2. The monoisotopic (exact) mass is 323 g/mol. The van der Waals surface area contributed by atoms with Crippen LogP contribution >= 0.6 is 0 Å². The molecule has 0 saturated carbocycles.